The van der Waals surface area contributed by atoms with Crippen molar-refractivity contribution in [2.75, 3.05) is 11.9 Å². The van der Waals surface area contributed by atoms with Gasteiger partial charge in [0, 0.05) is 6.54 Å². The summed E-state index contributed by atoms with van der Waals surface area (Å²) < 4.78 is 0. The van der Waals surface area contributed by atoms with Crippen LogP contribution in [0.4, 0.5) is 5.69 Å². The Labute approximate surface area is 119 Å². The van der Waals surface area contributed by atoms with E-state index in [1.54, 1.807) is 6.92 Å². The summed E-state index contributed by atoms with van der Waals surface area (Å²) in [6, 6.07) is 15.4. The number of hydrogen-bond donors (Lipinski definition) is 2. The van der Waals surface area contributed by atoms with Gasteiger partial charge in [0.2, 0.25) is 0 Å². The van der Waals surface area contributed by atoms with Gasteiger partial charge in [-0.25, -0.2) is 0 Å². The molecule has 19 heavy (non-hydrogen) atoms. The minimum Gasteiger partial charge on any atom is -0.384 e. The lowest BCUT2D eigenvalue weighted by Crippen LogP contribution is -2.30. The van der Waals surface area contributed by atoms with Crippen molar-refractivity contribution in [3.8, 4) is 0 Å². The highest BCUT2D eigenvalue weighted by atomic mass is 35.5. The first-order valence-electron chi connectivity index (χ1n) is 6.27. The third-order valence-corrected chi connectivity index (χ3v) is 3.47. The van der Waals surface area contributed by atoms with Gasteiger partial charge in [-0.3, -0.25) is 0 Å². The Balaban J connectivity index is 2.12. The first-order chi connectivity index (χ1) is 8.99. The van der Waals surface area contributed by atoms with Crippen LogP contribution in [0.3, 0.4) is 0 Å². The lowest BCUT2D eigenvalue weighted by atomic mass is 9.96. The molecule has 0 bridgehead atoms. The Bertz CT molecular complexity index is 552. The van der Waals surface area contributed by atoms with E-state index in [-0.39, 0.29) is 0 Å². The Hall–Kier alpha value is -1.51. The Kier molecular flexibility index (Phi) is 4.13. The largest absolute Gasteiger partial charge is 0.384 e. The molecule has 2 aromatic carbocycles. The highest BCUT2D eigenvalue weighted by Gasteiger charge is 2.22. The molecule has 0 radical (unpaired) electrons. The Morgan fingerprint density at radius 1 is 1.16 bits per heavy atom. The van der Waals surface area contributed by atoms with Crippen molar-refractivity contribution in [2.45, 2.75) is 19.4 Å². The van der Waals surface area contributed by atoms with Crippen molar-refractivity contribution in [1.82, 2.24) is 0 Å². The van der Waals surface area contributed by atoms with Crippen LogP contribution in [0.5, 0.6) is 0 Å². The molecule has 0 heterocycles. The van der Waals surface area contributed by atoms with Crippen molar-refractivity contribution < 1.29 is 5.11 Å². The van der Waals surface area contributed by atoms with Crippen LogP contribution in [0.15, 0.2) is 48.5 Å². The predicted molar refractivity (Wildman–Crippen MR) is 80.7 cm³/mol. The van der Waals surface area contributed by atoms with Crippen LogP contribution < -0.4 is 5.32 Å². The zero-order valence-electron chi connectivity index (χ0n) is 11.2. The quantitative estimate of drug-likeness (QED) is 0.885. The lowest BCUT2D eigenvalue weighted by molar-refractivity contribution is 0.0715. The fraction of sp³-hybridized carbons (Fsp3) is 0.250. The number of anilines is 1. The molecule has 0 saturated carbocycles. The number of nitrogens with one attached hydrogen (secondary N) is 1. The fourth-order valence-corrected chi connectivity index (χ4v) is 2.13. The third kappa shape index (κ3) is 3.49. The second-order valence-electron chi connectivity index (χ2n) is 4.98. The van der Waals surface area contributed by atoms with Gasteiger partial charge in [0.25, 0.3) is 0 Å². The first kappa shape index (κ1) is 13.9. The molecule has 0 spiro atoms. The van der Waals surface area contributed by atoms with E-state index in [9.17, 15) is 5.11 Å². The van der Waals surface area contributed by atoms with Crippen molar-refractivity contribution in [3.63, 3.8) is 0 Å². The lowest BCUT2D eigenvalue weighted by Gasteiger charge is -2.25. The first-order valence-corrected chi connectivity index (χ1v) is 6.65. The van der Waals surface area contributed by atoms with Gasteiger partial charge in [0.15, 0.2) is 0 Å². The highest BCUT2D eigenvalue weighted by Crippen LogP contribution is 2.26. The minimum absolute atomic E-state index is 0.403. The van der Waals surface area contributed by atoms with Gasteiger partial charge in [0.05, 0.1) is 10.7 Å². The molecule has 100 valence electrons. The summed E-state index contributed by atoms with van der Waals surface area (Å²) in [7, 11) is 0. The van der Waals surface area contributed by atoms with E-state index in [1.807, 2.05) is 55.5 Å². The molecule has 0 aromatic heterocycles. The zero-order chi connectivity index (χ0) is 13.9. The number of hydrogen-bond acceptors (Lipinski definition) is 2. The van der Waals surface area contributed by atoms with Crippen molar-refractivity contribution in [1.29, 1.82) is 0 Å². The molecule has 2 N–H and O–H groups in total. The molecule has 1 atom stereocenters. The van der Waals surface area contributed by atoms with E-state index in [0.717, 1.165) is 16.8 Å². The molecule has 0 aliphatic carbocycles. The number of aryl methyl sites for hydroxylation is 1. The number of rotatable bonds is 4. The smallest absolute Gasteiger partial charge is 0.104 e. The van der Waals surface area contributed by atoms with E-state index in [0.29, 0.717) is 11.6 Å². The Morgan fingerprint density at radius 3 is 2.53 bits per heavy atom. The van der Waals surface area contributed by atoms with Crippen LogP contribution in [0.2, 0.25) is 5.02 Å². The van der Waals surface area contributed by atoms with E-state index in [1.165, 1.54) is 0 Å². The molecule has 0 aliphatic heterocycles. The molecule has 2 rings (SSSR count). The van der Waals surface area contributed by atoms with Crippen LogP contribution in [0.1, 0.15) is 18.1 Å². The summed E-state index contributed by atoms with van der Waals surface area (Å²) in [5, 5.41) is 14.4. The molecule has 0 aliphatic rings. The van der Waals surface area contributed by atoms with Crippen LogP contribution in [0, 0.1) is 6.92 Å². The summed E-state index contributed by atoms with van der Waals surface area (Å²) in [5.74, 6) is 0. The molecule has 0 saturated heterocycles. The monoisotopic (exact) mass is 275 g/mol. The van der Waals surface area contributed by atoms with Gasteiger partial charge in [-0.05, 0) is 37.1 Å². The zero-order valence-corrected chi connectivity index (χ0v) is 11.9. The molecule has 0 amide bonds. The van der Waals surface area contributed by atoms with Gasteiger partial charge in [-0.1, -0.05) is 48.0 Å². The summed E-state index contributed by atoms with van der Waals surface area (Å²) in [6.45, 7) is 4.20. The van der Waals surface area contributed by atoms with Gasteiger partial charge < -0.3 is 10.4 Å². The molecule has 1 unspecified atom stereocenters. The minimum atomic E-state index is -0.936. The SMILES string of the molecule is Cc1ccc(Cl)c(NCC(C)(O)c2ccccc2)c1. The van der Waals surface area contributed by atoms with Gasteiger partial charge >= 0.3 is 0 Å². The average molecular weight is 276 g/mol. The number of aliphatic hydroxyl groups is 1. The van der Waals surface area contributed by atoms with Gasteiger partial charge in [-0.2, -0.15) is 0 Å². The highest BCUT2D eigenvalue weighted by molar-refractivity contribution is 6.33. The molecule has 2 aromatic rings. The number of halogens is 1. The van der Waals surface area contributed by atoms with E-state index >= 15 is 0 Å². The maximum atomic E-state index is 10.5. The molecule has 0 fully saturated rings. The van der Waals surface area contributed by atoms with Crippen LogP contribution in [-0.2, 0) is 5.60 Å². The summed E-state index contributed by atoms with van der Waals surface area (Å²) >= 11 is 6.13. The predicted octanol–water partition coefficient (Wildman–Crippen LogP) is 3.97. The summed E-state index contributed by atoms with van der Waals surface area (Å²) in [4.78, 5) is 0. The average Bonchev–Trinajstić information content (AvgIpc) is 2.41. The number of benzene rings is 2. The second-order valence-corrected chi connectivity index (χ2v) is 5.38. The fourth-order valence-electron chi connectivity index (χ4n) is 1.94. The molecule has 2 nitrogen and oxygen atoms in total. The van der Waals surface area contributed by atoms with Crippen LogP contribution in [-0.4, -0.2) is 11.7 Å². The van der Waals surface area contributed by atoms with E-state index in [2.05, 4.69) is 5.32 Å². The summed E-state index contributed by atoms with van der Waals surface area (Å²) in [6.07, 6.45) is 0. The van der Waals surface area contributed by atoms with Crippen LogP contribution >= 0.6 is 11.6 Å². The normalized spacial score (nSPS) is 13.9. The van der Waals surface area contributed by atoms with Crippen molar-refractivity contribution in [2.24, 2.45) is 0 Å². The molecular weight excluding hydrogens is 258 g/mol. The van der Waals surface area contributed by atoms with Crippen molar-refractivity contribution in [3.05, 3.63) is 64.7 Å². The van der Waals surface area contributed by atoms with Crippen molar-refractivity contribution >= 4 is 17.3 Å². The van der Waals surface area contributed by atoms with E-state index in [4.69, 9.17) is 11.6 Å². The van der Waals surface area contributed by atoms with Gasteiger partial charge in [0.1, 0.15) is 5.60 Å². The Morgan fingerprint density at radius 2 is 1.84 bits per heavy atom. The van der Waals surface area contributed by atoms with Crippen LogP contribution in [0.25, 0.3) is 0 Å². The topological polar surface area (TPSA) is 32.3 Å². The van der Waals surface area contributed by atoms with E-state index < -0.39 is 5.60 Å². The third-order valence-electron chi connectivity index (χ3n) is 3.14. The molecule has 3 heteroatoms. The maximum Gasteiger partial charge on any atom is 0.104 e. The summed E-state index contributed by atoms with van der Waals surface area (Å²) in [5.41, 5.74) is 1.92. The molecular formula is C16H18ClNO. The van der Waals surface area contributed by atoms with Gasteiger partial charge in [-0.15, -0.1) is 0 Å². The second kappa shape index (κ2) is 5.64. The standard InChI is InChI=1S/C16H18ClNO/c1-12-8-9-14(17)15(10-12)18-11-16(2,19)13-6-4-3-5-7-13/h3-10,18-19H,11H2,1-2H3. The maximum absolute atomic E-state index is 10.5.